The molecule has 0 spiro atoms. The maximum Gasteiger partial charge on any atom is 0.412 e. The number of cyclic esters (lactones) is 1. The molecule has 0 saturated carbocycles. The van der Waals surface area contributed by atoms with E-state index in [9.17, 15) is 9.59 Å². The largest absolute Gasteiger partial charge is 0.441 e. The molecule has 1 unspecified atom stereocenters. The van der Waals surface area contributed by atoms with Crippen molar-refractivity contribution in [2.75, 3.05) is 37.2 Å². The van der Waals surface area contributed by atoms with Crippen molar-refractivity contribution in [1.82, 2.24) is 14.8 Å². The number of nitrogens with one attached hydrogen (secondary N) is 1. The molecule has 180 valence electrons. The number of nitrogen functional groups attached to an aromatic ring is 1. The molecule has 1 aromatic heterocycles. The van der Waals surface area contributed by atoms with Crippen molar-refractivity contribution >= 4 is 35.1 Å². The Hall–Kier alpha value is -2.84. The van der Waals surface area contributed by atoms with Crippen LogP contribution in [0.15, 0.2) is 36.5 Å². The lowest BCUT2D eigenvalue weighted by molar-refractivity contribution is -0.139. The van der Waals surface area contributed by atoms with Crippen LogP contribution in [0, 0.1) is 11.8 Å². The second-order valence-corrected chi connectivity index (χ2v) is 9.92. The zero-order valence-electron chi connectivity index (χ0n) is 19.1. The third-order valence-corrected chi connectivity index (χ3v) is 7.49. The molecule has 3 aliphatic heterocycles. The maximum atomic E-state index is 13.2. The quantitative estimate of drug-likeness (QED) is 0.679. The van der Waals surface area contributed by atoms with Crippen molar-refractivity contribution in [1.29, 1.82) is 0 Å². The predicted octanol–water partition coefficient (Wildman–Crippen LogP) is 4.07. The number of benzene rings is 1. The monoisotopic (exact) mass is 483 g/mol. The van der Waals surface area contributed by atoms with E-state index in [0.29, 0.717) is 23.9 Å². The molecule has 2 saturated heterocycles. The zero-order chi connectivity index (χ0) is 23.7. The first-order chi connectivity index (χ1) is 16.5. The summed E-state index contributed by atoms with van der Waals surface area (Å²) in [6.45, 7) is 4.02. The van der Waals surface area contributed by atoms with Crippen molar-refractivity contribution in [3.05, 3.63) is 52.7 Å². The second-order valence-electron chi connectivity index (χ2n) is 9.48. The number of nitrogens with two attached hydrogens (primary N) is 1. The molecule has 8 nitrogen and oxygen atoms in total. The van der Waals surface area contributed by atoms with E-state index in [1.54, 1.807) is 12.3 Å². The van der Waals surface area contributed by atoms with Gasteiger partial charge in [0.2, 0.25) is 5.91 Å². The molecule has 0 bridgehead atoms. The number of carbonyl (C=O) groups excluding carboxylic acids is 2. The third-order valence-electron chi connectivity index (χ3n) is 7.26. The summed E-state index contributed by atoms with van der Waals surface area (Å²) in [6, 6.07) is 9.35. The first-order valence-corrected chi connectivity index (χ1v) is 12.3. The molecule has 1 aromatic carbocycles. The minimum Gasteiger partial charge on any atom is -0.441 e. The fraction of sp³-hybridized carbons (Fsp3) is 0.480. The van der Waals surface area contributed by atoms with Crippen LogP contribution in [-0.4, -0.2) is 53.0 Å². The lowest BCUT2D eigenvalue weighted by atomic mass is 9.85. The zero-order valence-corrected chi connectivity index (χ0v) is 19.8. The van der Waals surface area contributed by atoms with Crippen LogP contribution in [0.4, 0.5) is 16.3 Å². The van der Waals surface area contributed by atoms with Crippen LogP contribution in [0.3, 0.4) is 0 Å². The van der Waals surface area contributed by atoms with Gasteiger partial charge >= 0.3 is 6.09 Å². The highest BCUT2D eigenvalue weighted by Gasteiger charge is 2.37. The molecule has 2 amide bonds. The Morgan fingerprint density at radius 3 is 2.62 bits per heavy atom. The van der Waals surface area contributed by atoms with Crippen LogP contribution in [0.25, 0.3) is 0 Å². The Kier molecular flexibility index (Phi) is 6.61. The summed E-state index contributed by atoms with van der Waals surface area (Å²) in [4.78, 5) is 33.7. The SMILES string of the molecule is Nc1cc(CN2CCC(C(=O)N3CCC(C4OC(=O)Nc5ccc(Cl)cc54)CC3)CC2)ccn1. The lowest BCUT2D eigenvalue weighted by Crippen LogP contribution is -2.46. The number of likely N-dealkylation sites (tertiary alicyclic amines) is 2. The van der Waals surface area contributed by atoms with Crippen molar-refractivity contribution in [2.24, 2.45) is 11.8 Å². The molecule has 2 fully saturated rings. The van der Waals surface area contributed by atoms with Crippen molar-refractivity contribution in [3.63, 3.8) is 0 Å². The minimum atomic E-state index is -0.431. The number of rotatable bonds is 4. The number of nitrogens with zero attached hydrogens (tertiary/aromatic N) is 3. The smallest absolute Gasteiger partial charge is 0.412 e. The van der Waals surface area contributed by atoms with Gasteiger partial charge in [-0.05, 0) is 74.7 Å². The van der Waals surface area contributed by atoms with Gasteiger partial charge in [-0.25, -0.2) is 9.78 Å². The molecule has 2 aromatic rings. The molecular formula is C25H30ClN5O3. The number of fused-ring (bicyclic) bond motifs is 1. The molecule has 3 N–H and O–H groups in total. The summed E-state index contributed by atoms with van der Waals surface area (Å²) in [6.07, 6.45) is 4.33. The number of ether oxygens (including phenoxy) is 1. The average molecular weight is 484 g/mol. The number of anilines is 2. The summed E-state index contributed by atoms with van der Waals surface area (Å²) in [5.41, 5.74) is 8.61. The number of carbonyl (C=O) groups is 2. The highest BCUT2D eigenvalue weighted by atomic mass is 35.5. The fourth-order valence-electron chi connectivity index (χ4n) is 5.42. The topological polar surface area (TPSA) is 101 Å². The Labute approximate surface area is 204 Å². The maximum absolute atomic E-state index is 13.2. The van der Waals surface area contributed by atoms with Crippen LogP contribution in [0.1, 0.15) is 42.9 Å². The molecular weight excluding hydrogens is 454 g/mol. The summed E-state index contributed by atoms with van der Waals surface area (Å²) in [5.74, 6) is 1.04. The minimum absolute atomic E-state index is 0.0755. The Balaban J connectivity index is 1.14. The van der Waals surface area contributed by atoms with E-state index in [1.165, 1.54) is 0 Å². The van der Waals surface area contributed by atoms with E-state index in [2.05, 4.69) is 15.2 Å². The number of hydrogen-bond acceptors (Lipinski definition) is 6. The highest BCUT2D eigenvalue weighted by molar-refractivity contribution is 6.30. The highest BCUT2D eigenvalue weighted by Crippen LogP contribution is 2.41. The number of amides is 2. The van der Waals surface area contributed by atoms with Gasteiger partial charge in [-0.2, -0.15) is 0 Å². The first kappa shape index (κ1) is 22.9. The van der Waals surface area contributed by atoms with E-state index in [0.717, 1.165) is 62.1 Å². The lowest BCUT2D eigenvalue weighted by Gasteiger charge is -2.40. The van der Waals surface area contributed by atoms with E-state index in [4.69, 9.17) is 22.1 Å². The van der Waals surface area contributed by atoms with Gasteiger partial charge in [-0.15, -0.1) is 0 Å². The predicted molar refractivity (Wildman–Crippen MR) is 130 cm³/mol. The Bertz CT molecular complexity index is 1060. The van der Waals surface area contributed by atoms with Crippen LogP contribution >= 0.6 is 11.6 Å². The van der Waals surface area contributed by atoms with Crippen molar-refractivity contribution in [3.8, 4) is 0 Å². The van der Waals surface area contributed by atoms with Gasteiger partial charge in [-0.1, -0.05) is 11.6 Å². The number of pyridine rings is 1. The normalized spacial score (nSPS) is 22.1. The van der Waals surface area contributed by atoms with E-state index in [-0.39, 0.29) is 23.8 Å². The van der Waals surface area contributed by atoms with Gasteiger partial charge in [0.05, 0.1) is 5.69 Å². The molecule has 1 atom stereocenters. The van der Waals surface area contributed by atoms with E-state index < -0.39 is 6.09 Å². The summed E-state index contributed by atoms with van der Waals surface area (Å²) < 4.78 is 5.66. The van der Waals surface area contributed by atoms with Crippen molar-refractivity contribution in [2.45, 2.75) is 38.3 Å². The number of halogens is 1. The van der Waals surface area contributed by atoms with Gasteiger partial charge < -0.3 is 15.4 Å². The Morgan fingerprint density at radius 2 is 1.88 bits per heavy atom. The molecule has 5 rings (SSSR count). The molecule has 34 heavy (non-hydrogen) atoms. The van der Waals surface area contributed by atoms with Crippen LogP contribution in [0.2, 0.25) is 5.02 Å². The third kappa shape index (κ3) is 4.98. The molecule has 3 aliphatic rings. The standard InChI is InChI=1S/C25H30ClN5O3/c26-19-1-2-21-20(14-19)23(34-25(33)29-21)17-6-11-31(12-7-17)24(32)18-4-9-30(10-5-18)15-16-3-8-28-22(27)13-16/h1-3,8,13-14,17-18,23H,4-7,9-12,15H2,(H2,27,28)(H,29,33). The number of hydrogen-bond donors (Lipinski definition) is 2. The van der Waals surface area contributed by atoms with Gasteiger partial charge in [-0.3, -0.25) is 15.0 Å². The van der Waals surface area contributed by atoms with Gasteiger partial charge in [0.25, 0.3) is 0 Å². The molecule has 9 heteroatoms. The van der Waals surface area contributed by atoms with Crippen LogP contribution in [-0.2, 0) is 16.1 Å². The molecule has 0 radical (unpaired) electrons. The second kappa shape index (κ2) is 9.80. The number of aromatic nitrogens is 1. The molecule has 4 heterocycles. The first-order valence-electron chi connectivity index (χ1n) is 11.9. The van der Waals surface area contributed by atoms with Crippen molar-refractivity contribution < 1.29 is 14.3 Å². The summed E-state index contributed by atoms with van der Waals surface area (Å²) in [7, 11) is 0. The van der Waals surface area contributed by atoms with Crippen LogP contribution in [0.5, 0.6) is 0 Å². The van der Waals surface area contributed by atoms with Gasteiger partial charge in [0.1, 0.15) is 11.9 Å². The summed E-state index contributed by atoms with van der Waals surface area (Å²) >= 11 is 6.20. The van der Waals surface area contributed by atoms with Gasteiger partial charge in [0.15, 0.2) is 0 Å². The Morgan fingerprint density at radius 1 is 1.12 bits per heavy atom. The van der Waals surface area contributed by atoms with Crippen LogP contribution < -0.4 is 11.1 Å². The number of piperidine rings is 2. The molecule has 0 aliphatic carbocycles. The van der Waals surface area contributed by atoms with E-state index >= 15 is 0 Å². The average Bonchev–Trinajstić information content (AvgIpc) is 2.84. The van der Waals surface area contributed by atoms with Gasteiger partial charge in [0, 0.05) is 48.3 Å². The fourth-order valence-corrected chi connectivity index (χ4v) is 5.60. The van der Waals surface area contributed by atoms with E-state index in [1.807, 2.05) is 29.2 Å². The summed E-state index contributed by atoms with van der Waals surface area (Å²) in [5, 5.41) is 3.37.